The first kappa shape index (κ1) is 15.6. The van der Waals surface area contributed by atoms with Crippen molar-refractivity contribution in [3.63, 3.8) is 0 Å². The number of nitrogens with zero attached hydrogens (tertiary/aromatic N) is 4. The molecule has 25 heavy (non-hydrogen) atoms. The van der Waals surface area contributed by atoms with Crippen molar-refractivity contribution in [3.8, 4) is 12.3 Å². The van der Waals surface area contributed by atoms with Crippen molar-refractivity contribution >= 4 is 23.4 Å². The summed E-state index contributed by atoms with van der Waals surface area (Å²) in [5.41, 5.74) is 1.70. The molecule has 0 aromatic carbocycles. The van der Waals surface area contributed by atoms with Gasteiger partial charge in [0.05, 0.1) is 17.8 Å². The van der Waals surface area contributed by atoms with E-state index in [1.165, 1.54) is 12.8 Å². The van der Waals surface area contributed by atoms with Crippen molar-refractivity contribution in [1.82, 2.24) is 20.2 Å². The summed E-state index contributed by atoms with van der Waals surface area (Å²) in [5.74, 6) is 5.08. The maximum absolute atomic E-state index is 11.8. The first-order chi connectivity index (χ1) is 12.2. The quantitative estimate of drug-likeness (QED) is 0.815. The van der Waals surface area contributed by atoms with Gasteiger partial charge in [0.1, 0.15) is 0 Å². The third-order valence-corrected chi connectivity index (χ3v) is 4.77. The van der Waals surface area contributed by atoms with Crippen LogP contribution in [0.4, 0.5) is 17.6 Å². The van der Waals surface area contributed by atoms with Gasteiger partial charge in [0, 0.05) is 24.2 Å². The third kappa shape index (κ3) is 3.07. The van der Waals surface area contributed by atoms with E-state index >= 15 is 0 Å². The molecule has 1 aliphatic carbocycles. The molecular weight excluding hydrogens is 316 g/mol. The number of hydrogen-bond acceptors (Lipinski definition) is 6. The molecule has 1 aliphatic heterocycles. The van der Waals surface area contributed by atoms with Crippen molar-refractivity contribution in [1.29, 1.82) is 0 Å². The number of carbonyl (C=O) groups is 1. The number of rotatable bonds is 5. The molecule has 4 rings (SSSR count). The molecule has 7 heteroatoms. The van der Waals surface area contributed by atoms with Gasteiger partial charge in [0.2, 0.25) is 5.95 Å². The Hall–Kier alpha value is -2.88. The van der Waals surface area contributed by atoms with E-state index in [0.717, 1.165) is 25.1 Å². The Kier molecular flexibility index (Phi) is 3.88. The highest BCUT2D eigenvalue weighted by atomic mass is 16.1. The fourth-order valence-electron chi connectivity index (χ4n) is 3.27. The van der Waals surface area contributed by atoms with Gasteiger partial charge in [-0.3, -0.25) is 9.89 Å². The molecule has 0 spiro atoms. The number of Topliss-reactive ketones (excluding diaryl/α,β-unsaturated/α-hetero) is 1. The van der Waals surface area contributed by atoms with Crippen LogP contribution in [0.3, 0.4) is 0 Å². The highest BCUT2D eigenvalue weighted by Gasteiger charge is 2.30. The topological polar surface area (TPSA) is 86.8 Å². The fraction of sp³-hybridized carbons (Fsp3) is 0.444. The van der Waals surface area contributed by atoms with Crippen molar-refractivity contribution in [3.05, 3.63) is 23.5 Å². The van der Waals surface area contributed by atoms with E-state index in [4.69, 9.17) is 6.42 Å². The lowest BCUT2D eigenvalue weighted by atomic mass is 10.1. The van der Waals surface area contributed by atoms with Crippen LogP contribution in [0.2, 0.25) is 0 Å². The molecule has 0 bridgehead atoms. The number of aromatic amines is 1. The molecule has 7 nitrogen and oxygen atoms in total. The largest absolute Gasteiger partial charge is 0.331 e. The van der Waals surface area contributed by atoms with Gasteiger partial charge < -0.3 is 10.2 Å². The molecule has 2 aromatic heterocycles. The number of ketones is 1. The smallest absolute Gasteiger partial charge is 0.227 e. The highest BCUT2D eigenvalue weighted by molar-refractivity contribution is 5.85. The van der Waals surface area contributed by atoms with E-state index in [0.29, 0.717) is 29.1 Å². The number of H-pyrrole nitrogens is 1. The number of carbonyl (C=O) groups excluding carboxylic acids is 1. The van der Waals surface area contributed by atoms with E-state index in [9.17, 15) is 4.79 Å². The zero-order chi connectivity index (χ0) is 17.4. The second-order valence-electron chi connectivity index (χ2n) is 6.65. The van der Waals surface area contributed by atoms with Crippen LogP contribution in [0.15, 0.2) is 12.3 Å². The number of anilines is 3. The maximum atomic E-state index is 11.8. The Balaban J connectivity index is 1.61. The highest BCUT2D eigenvalue weighted by Crippen LogP contribution is 2.39. The SMILES string of the molecule is C#Cc1cnc(N2CCCC2C(C)=O)nc1Nc1cc(C2CC2)[nH]n1. The molecule has 2 aromatic rings. The van der Waals surface area contributed by atoms with Crippen molar-refractivity contribution in [2.45, 2.75) is 44.6 Å². The van der Waals surface area contributed by atoms with E-state index < -0.39 is 0 Å². The summed E-state index contributed by atoms with van der Waals surface area (Å²) in [5, 5.41) is 10.5. The molecule has 128 valence electrons. The Morgan fingerprint density at radius 1 is 1.44 bits per heavy atom. The Bertz CT molecular complexity index is 847. The molecule has 1 saturated heterocycles. The minimum atomic E-state index is -0.156. The Morgan fingerprint density at radius 3 is 3.00 bits per heavy atom. The summed E-state index contributed by atoms with van der Waals surface area (Å²) in [4.78, 5) is 22.7. The Labute approximate surface area is 146 Å². The first-order valence-electron chi connectivity index (χ1n) is 8.59. The van der Waals surface area contributed by atoms with Crippen LogP contribution in [0.1, 0.15) is 49.8 Å². The Morgan fingerprint density at radius 2 is 2.28 bits per heavy atom. The van der Waals surface area contributed by atoms with Crippen molar-refractivity contribution in [2.24, 2.45) is 0 Å². The number of aromatic nitrogens is 4. The zero-order valence-electron chi connectivity index (χ0n) is 14.1. The van der Waals surface area contributed by atoms with Gasteiger partial charge >= 0.3 is 0 Å². The molecule has 1 saturated carbocycles. The molecule has 0 radical (unpaired) electrons. The van der Waals surface area contributed by atoms with E-state index in [-0.39, 0.29) is 11.8 Å². The molecule has 2 fully saturated rings. The first-order valence-corrected chi connectivity index (χ1v) is 8.59. The van der Waals surface area contributed by atoms with Crippen LogP contribution in [-0.4, -0.2) is 38.5 Å². The van der Waals surface area contributed by atoms with E-state index in [1.807, 2.05) is 11.0 Å². The lowest BCUT2D eigenvalue weighted by Gasteiger charge is -2.23. The average Bonchev–Trinajstić information content (AvgIpc) is 3.15. The van der Waals surface area contributed by atoms with Crippen LogP contribution >= 0.6 is 0 Å². The predicted molar refractivity (Wildman–Crippen MR) is 94.9 cm³/mol. The summed E-state index contributed by atoms with van der Waals surface area (Å²) in [7, 11) is 0. The molecule has 1 unspecified atom stereocenters. The van der Waals surface area contributed by atoms with Gasteiger partial charge in [-0.05, 0) is 32.6 Å². The summed E-state index contributed by atoms with van der Waals surface area (Å²) >= 11 is 0. The predicted octanol–water partition coefficient (Wildman–Crippen LogP) is 2.36. The van der Waals surface area contributed by atoms with E-state index in [2.05, 4.69) is 31.4 Å². The van der Waals surface area contributed by atoms with Gasteiger partial charge in [-0.25, -0.2) is 4.98 Å². The van der Waals surface area contributed by atoms with Crippen LogP contribution in [0.25, 0.3) is 0 Å². The van der Waals surface area contributed by atoms with Crippen molar-refractivity contribution in [2.75, 3.05) is 16.8 Å². The monoisotopic (exact) mass is 336 g/mol. The van der Waals surface area contributed by atoms with Gasteiger partial charge in [-0.1, -0.05) is 5.92 Å². The van der Waals surface area contributed by atoms with Crippen molar-refractivity contribution < 1.29 is 4.79 Å². The molecule has 3 heterocycles. The minimum Gasteiger partial charge on any atom is -0.331 e. The molecule has 2 aliphatic rings. The van der Waals surface area contributed by atoms with Crippen LogP contribution in [0.5, 0.6) is 0 Å². The number of nitrogens with one attached hydrogen (secondary N) is 2. The minimum absolute atomic E-state index is 0.137. The second kappa shape index (κ2) is 6.20. The fourth-order valence-corrected chi connectivity index (χ4v) is 3.27. The number of terminal acetylenes is 1. The lowest BCUT2D eigenvalue weighted by Crippen LogP contribution is -2.36. The molecule has 1 atom stereocenters. The van der Waals surface area contributed by atoms with Crippen LogP contribution in [0, 0.1) is 12.3 Å². The van der Waals surface area contributed by atoms with E-state index in [1.54, 1.807) is 13.1 Å². The van der Waals surface area contributed by atoms with Crippen LogP contribution in [-0.2, 0) is 4.79 Å². The zero-order valence-corrected chi connectivity index (χ0v) is 14.1. The maximum Gasteiger partial charge on any atom is 0.227 e. The summed E-state index contributed by atoms with van der Waals surface area (Å²) < 4.78 is 0. The second-order valence-corrected chi connectivity index (χ2v) is 6.65. The summed E-state index contributed by atoms with van der Waals surface area (Å²) in [6.45, 7) is 2.38. The molecular formula is C18H20N6O. The van der Waals surface area contributed by atoms with Gasteiger partial charge in [-0.15, -0.1) is 6.42 Å². The third-order valence-electron chi connectivity index (χ3n) is 4.77. The summed E-state index contributed by atoms with van der Waals surface area (Å²) in [6, 6.07) is 1.84. The average molecular weight is 336 g/mol. The normalized spacial score (nSPS) is 19.7. The van der Waals surface area contributed by atoms with Crippen LogP contribution < -0.4 is 10.2 Å². The molecule has 0 amide bonds. The van der Waals surface area contributed by atoms with Gasteiger partial charge in [0.25, 0.3) is 0 Å². The standard InChI is InChI=1S/C18H20N6O/c1-3-12-10-19-18(24-8-4-5-15(24)11(2)25)21-17(12)20-16-9-14(22-23-16)13-6-7-13/h1,9-10,13,15H,4-8H2,2H3,(H2,19,20,21,22,23). The lowest BCUT2D eigenvalue weighted by molar-refractivity contribution is -0.118. The van der Waals surface area contributed by atoms with Gasteiger partial charge in [0.15, 0.2) is 17.4 Å². The molecule has 2 N–H and O–H groups in total. The van der Waals surface area contributed by atoms with Gasteiger partial charge in [-0.2, -0.15) is 10.1 Å². The summed E-state index contributed by atoms with van der Waals surface area (Å²) in [6.07, 6.45) is 11.4. The number of hydrogen-bond donors (Lipinski definition) is 2.